The maximum atomic E-state index is 13.2. The summed E-state index contributed by atoms with van der Waals surface area (Å²) in [6.07, 6.45) is -8.23. The first-order valence-electron chi connectivity index (χ1n) is 10.9. The Balaban J connectivity index is 1.91. The second-order valence-corrected chi connectivity index (χ2v) is 7.91. The second kappa shape index (κ2) is 11.4. The van der Waals surface area contributed by atoms with Crippen LogP contribution in [0.25, 0.3) is 0 Å². The molecule has 0 saturated heterocycles. The van der Waals surface area contributed by atoms with Crippen molar-refractivity contribution in [3.63, 3.8) is 0 Å². The molecule has 0 saturated carbocycles. The Morgan fingerprint density at radius 1 is 0.892 bits per heavy atom. The summed E-state index contributed by atoms with van der Waals surface area (Å²) in [6, 6.07) is 10.1. The maximum absolute atomic E-state index is 13.2. The molecule has 198 valence electrons. The molecule has 0 radical (unpaired) electrons. The van der Waals surface area contributed by atoms with Crippen LogP contribution >= 0.6 is 0 Å². The number of urea groups is 1. The lowest BCUT2D eigenvalue weighted by atomic mass is 10.1. The van der Waals surface area contributed by atoms with Gasteiger partial charge in [-0.1, -0.05) is 12.1 Å². The minimum absolute atomic E-state index is 0.00186. The van der Waals surface area contributed by atoms with Crippen LogP contribution in [0.3, 0.4) is 0 Å². The predicted octanol–water partition coefficient (Wildman–Crippen LogP) is 6.41. The fourth-order valence-corrected chi connectivity index (χ4v) is 3.48. The van der Waals surface area contributed by atoms with Crippen LogP contribution in [-0.4, -0.2) is 36.7 Å². The van der Waals surface area contributed by atoms with E-state index in [-0.39, 0.29) is 25.6 Å². The van der Waals surface area contributed by atoms with Gasteiger partial charge < -0.3 is 19.7 Å². The number of pyridine rings is 1. The Hall–Kier alpha value is -3.96. The number of amides is 2. The van der Waals surface area contributed by atoms with Gasteiger partial charge in [0.25, 0.3) is 0 Å². The van der Waals surface area contributed by atoms with E-state index in [1.165, 1.54) is 19.1 Å². The van der Waals surface area contributed by atoms with Gasteiger partial charge in [0.1, 0.15) is 0 Å². The molecule has 12 heteroatoms. The van der Waals surface area contributed by atoms with Gasteiger partial charge in [0, 0.05) is 37.1 Å². The van der Waals surface area contributed by atoms with Crippen LogP contribution in [0.15, 0.2) is 60.8 Å². The average molecular weight is 527 g/mol. The van der Waals surface area contributed by atoms with Gasteiger partial charge in [-0.05, 0) is 48.0 Å². The molecule has 0 bridgehead atoms. The van der Waals surface area contributed by atoms with Crippen molar-refractivity contribution in [3.8, 4) is 11.5 Å². The number of ether oxygens (including phenoxy) is 2. The molecule has 3 rings (SSSR count). The number of halogens is 6. The highest BCUT2D eigenvalue weighted by Gasteiger charge is 2.37. The number of alkyl halides is 6. The van der Waals surface area contributed by atoms with Gasteiger partial charge in [-0.3, -0.25) is 4.98 Å². The molecule has 2 amide bonds. The van der Waals surface area contributed by atoms with E-state index in [0.29, 0.717) is 34.9 Å². The van der Waals surface area contributed by atoms with Gasteiger partial charge in [0.05, 0.1) is 25.3 Å². The van der Waals surface area contributed by atoms with Crippen molar-refractivity contribution in [2.75, 3.05) is 26.1 Å². The number of nitrogens with zero attached hydrogens (tertiary/aromatic N) is 2. The van der Waals surface area contributed by atoms with Crippen molar-refractivity contribution < 1.29 is 40.6 Å². The molecule has 1 aromatic heterocycles. The molecule has 1 heterocycles. The molecule has 6 nitrogen and oxygen atoms in total. The van der Waals surface area contributed by atoms with E-state index in [0.717, 1.165) is 0 Å². The van der Waals surface area contributed by atoms with E-state index in [2.05, 4.69) is 10.3 Å². The van der Waals surface area contributed by atoms with Gasteiger partial charge in [-0.25, -0.2) is 4.79 Å². The molecule has 0 aliphatic carbocycles. The number of hydrogen-bond acceptors (Lipinski definition) is 4. The zero-order valence-corrected chi connectivity index (χ0v) is 19.8. The molecular weight excluding hydrogens is 504 g/mol. The molecule has 0 unspecified atom stereocenters. The van der Waals surface area contributed by atoms with E-state index < -0.39 is 35.2 Å². The predicted molar refractivity (Wildman–Crippen MR) is 123 cm³/mol. The summed E-state index contributed by atoms with van der Waals surface area (Å²) in [7, 11) is 2.88. The quantitative estimate of drug-likeness (QED) is 0.344. The number of methoxy groups -OCH3 is 2. The second-order valence-electron chi connectivity index (χ2n) is 7.91. The smallest absolute Gasteiger partial charge is 0.416 e. The van der Waals surface area contributed by atoms with E-state index in [1.54, 1.807) is 42.6 Å². The molecule has 0 aliphatic heterocycles. The van der Waals surface area contributed by atoms with Crippen molar-refractivity contribution in [2.24, 2.45) is 0 Å². The third-order valence-corrected chi connectivity index (χ3v) is 5.31. The third kappa shape index (κ3) is 7.51. The number of carbonyl (C=O) groups is 1. The van der Waals surface area contributed by atoms with Crippen LogP contribution in [0.2, 0.25) is 0 Å². The topological polar surface area (TPSA) is 63.7 Å². The normalized spacial score (nSPS) is 11.7. The highest BCUT2D eigenvalue weighted by atomic mass is 19.4. The zero-order chi connectivity index (χ0) is 27.2. The summed E-state index contributed by atoms with van der Waals surface area (Å²) in [5.74, 6) is 0.831. The minimum atomic E-state index is -5.04. The Morgan fingerprint density at radius 3 is 2.08 bits per heavy atom. The van der Waals surface area contributed by atoms with Crippen LogP contribution in [-0.2, 0) is 25.3 Å². The fourth-order valence-electron chi connectivity index (χ4n) is 3.48. The summed E-state index contributed by atoms with van der Waals surface area (Å²) in [5, 5.41) is 2.19. The average Bonchev–Trinajstić information content (AvgIpc) is 2.85. The van der Waals surface area contributed by atoms with Crippen molar-refractivity contribution in [2.45, 2.75) is 25.3 Å². The maximum Gasteiger partial charge on any atom is 0.416 e. The Labute approximate surface area is 208 Å². The van der Waals surface area contributed by atoms with Crippen LogP contribution in [0.4, 0.5) is 36.8 Å². The van der Waals surface area contributed by atoms with Crippen molar-refractivity contribution in [1.82, 2.24) is 9.88 Å². The van der Waals surface area contributed by atoms with Gasteiger partial charge in [-0.15, -0.1) is 0 Å². The Bertz CT molecular complexity index is 1180. The largest absolute Gasteiger partial charge is 0.493 e. The van der Waals surface area contributed by atoms with E-state index in [1.807, 2.05) is 0 Å². The number of carbonyl (C=O) groups excluding carboxylic acids is 1. The molecule has 0 atom stereocenters. The molecule has 0 aliphatic rings. The molecular formula is C25H23F6N3O3. The Kier molecular flexibility index (Phi) is 8.51. The highest BCUT2D eigenvalue weighted by molar-refractivity contribution is 5.89. The van der Waals surface area contributed by atoms with Crippen LogP contribution < -0.4 is 14.8 Å². The van der Waals surface area contributed by atoms with E-state index >= 15 is 0 Å². The van der Waals surface area contributed by atoms with Crippen LogP contribution in [0, 0.1) is 0 Å². The number of anilines is 1. The van der Waals surface area contributed by atoms with Crippen molar-refractivity contribution in [1.29, 1.82) is 0 Å². The SMILES string of the molecule is COc1ccc(CN(CCc2ccccn2)C(=O)Nc2cc(C(F)(F)F)cc(C(F)(F)F)c2)cc1OC. The zero-order valence-electron chi connectivity index (χ0n) is 19.8. The molecule has 2 aromatic carbocycles. The number of hydrogen-bond donors (Lipinski definition) is 1. The van der Waals surface area contributed by atoms with E-state index in [4.69, 9.17) is 9.47 Å². The fraction of sp³-hybridized carbons (Fsp3) is 0.280. The first-order chi connectivity index (χ1) is 17.4. The summed E-state index contributed by atoms with van der Waals surface area (Å²) >= 11 is 0. The number of nitrogens with one attached hydrogen (secondary N) is 1. The molecule has 3 aromatic rings. The molecule has 0 fully saturated rings. The lowest BCUT2D eigenvalue weighted by molar-refractivity contribution is -0.143. The summed E-state index contributed by atoms with van der Waals surface area (Å²) in [6.45, 7) is 0.0480. The van der Waals surface area contributed by atoms with Gasteiger partial charge in [-0.2, -0.15) is 26.3 Å². The van der Waals surface area contributed by atoms with Crippen molar-refractivity contribution >= 4 is 11.7 Å². The standard InChI is InChI=1S/C25H23F6N3O3/c1-36-21-7-6-16(11-22(21)37-2)15-34(10-8-19-5-3-4-9-32-19)23(35)33-20-13-17(24(26,27)28)12-18(14-20)25(29,30)31/h3-7,9,11-14H,8,10,15H2,1-2H3,(H,33,35). The summed E-state index contributed by atoms with van der Waals surface area (Å²) < 4.78 is 89.9. The monoisotopic (exact) mass is 527 g/mol. The molecule has 37 heavy (non-hydrogen) atoms. The summed E-state index contributed by atoms with van der Waals surface area (Å²) in [4.78, 5) is 18.6. The molecule has 1 N–H and O–H groups in total. The van der Waals surface area contributed by atoms with Gasteiger partial charge >= 0.3 is 18.4 Å². The number of aromatic nitrogens is 1. The van der Waals surface area contributed by atoms with Gasteiger partial charge in [0.2, 0.25) is 0 Å². The number of rotatable bonds is 8. The van der Waals surface area contributed by atoms with Crippen molar-refractivity contribution in [3.05, 3.63) is 83.2 Å². The summed E-state index contributed by atoms with van der Waals surface area (Å²) in [5.41, 5.74) is -2.46. The van der Waals surface area contributed by atoms with Crippen LogP contribution in [0.5, 0.6) is 11.5 Å². The van der Waals surface area contributed by atoms with Crippen LogP contribution in [0.1, 0.15) is 22.4 Å². The first kappa shape index (κ1) is 27.6. The minimum Gasteiger partial charge on any atom is -0.493 e. The number of benzene rings is 2. The molecule has 0 spiro atoms. The lowest BCUT2D eigenvalue weighted by Gasteiger charge is -2.24. The third-order valence-electron chi connectivity index (χ3n) is 5.31. The highest BCUT2D eigenvalue weighted by Crippen LogP contribution is 2.37. The van der Waals surface area contributed by atoms with Gasteiger partial charge in [0.15, 0.2) is 11.5 Å². The van der Waals surface area contributed by atoms with E-state index in [9.17, 15) is 31.1 Å². The Morgan fingerprint density at radius 2 is 1.54 bits per heavy atom. The lowest BCUT2D eigenvalue weighted by Crippen LogP contribution is -2.36. The first-order valence-corrected chi connectivity index (χ1v) is 10.9.